The molecule has 2 heterocycles. The maximum absolute atomic E-state index is 12.6. The van der Waals surface area contributed by atoms with Gasteiger partial charge in [0.25, 0.3) is 5.56 Å². The number of aromatic nitrogens is 3. The number of carbonyl (C=O) groups is 1. The van der Waals surface area contributed by atoms with E-state index < -0.39 is 5.56 Å². The zero-order chi connectivity index (χ0) is 21.0. The SMILES string of the molecule is C=CCC1=CC(=Cc2c(N)n3nc(CCCCC)sc3nc2=O)C=C(OC)C1=O. The van der Waals surface area contributed by atoms with Crippen molar-refractivity contribution in [3.8, 4) is 0 Å². The lowest BCUT2D eigenvalue weighted by Crippen LogP contribution is -2.17. The molecule has 0 unspecified atom stereocenters. The number of carbonyl (C=O) groups excluding carboxylic acids is 1. The van der Waals surface area contributed by atoms with Crippen LogP contribution in [0.4, 0.5) is 5.82 Å². The lowest BCUT2D eigenvalue weighted by molar-refractivity contribution is -0.115. The number of nitrogens with two attached hydrogens (primary N) is 1. The van der Waals surface area contributed by atoms with Crippen LogP contribution in [0.5, 0.6) is 0 Å². The van der Waals surface area contributed by atoms with Gasteiger partial charge < -0.3 is 10.5 Å². The lowest BCUT2D eigenvalue weighted by Gasteiger charge is -2.14. The summed E-state index contributed by atoms with van der Waals surface area (Å²) in [5, 5.41) is 5.43. The number of ether oxygens (including phenoxy) is 1. The highest BCUT2D eigenvalue weighted by Gasteiger charge is 2.21. The molecule has 3 rings (SSSR count). The average Bonchev–Trinajstić information content (AvgIpc) is 3.10. The Hall–Kier alpha value is -3.00. The van der Waals surface area contributed by atoms with Crippen LogP contribution >= 0.6 is 11.3 Å². The van der Waals surface area contributed by atoms with E-state index in [4.69, 9.17) is 10.5 Å². The zero-order valence-electron chi connectivity index (χ0n) is 16.6. The number of Topliss-reactive ketones (excluding diaryl/α,β-unsaturated/α-hetero) is 1. The van der Waals surface area contributed by atoms with Gasteiger partial charge in [-0.25, -0.2) is 0 Å². The molecule has 0 spiro atoms. The summed E-state index contributed by atoms with van der Waals surface area (Å²) in [7, 11) is 1.43. The molecule has 0 bridgehead atoms. The first-order valence-electron chi connectivity index (χ1n) is 9.50. The standard InChI is InChI=1S/C21H24N4O3S/c1-4-6-7-9-17-24-25-19(22)15(20(27)23-21(25)29-17)11-13-10-14(8-5-2)18(26)16(12-13)28-3/h5,10-12H,2,4,6-9,22H2,1,3H3. The average molecular weight is 413 g/mol. The predicted molar refractivity (Wildman–Crippen MR) is 116 cm³/mol. The van der Waals surface area contributed by atoms with E-state index in [0.29, 0.717) is 22.5 Å². The molecule has 7 nitrogen and oxygen atoms in total. The maximum Gasteiger partial charge on any atom is 0.283 e. The van der Waals surface area contributed by atoms with Gasteiger partial charge in [-0.15, -0.1) is 6.58 Å². The van der Waals surface area contributed by atoms with Crippen molar-refractivity contribution in [3.63, 3.8) is 0 Å². The molecule has 0 amide bonds. The van der Waals surface area contributed by atoms with E-state index in [1.165, 1.54) is 23.0 Å². The number of methoxy groups -OCH3 is 1. The first-order valence-corrected chi connectivity index (χ1v) is 10.3. The van der Waals surface area contributed by atoms with Crippen LogP contribution in [0, 0.1) is 0 Å². The fourth-order valence-corrected chi connectivity index (χ4v) is 4.01. The zero-order valence-corrected chi connectivity index (χ0v) is 17.4. The number of allylic oxidation sites excluding steroid dienone is 5. The summed E-state index contributed by atoms with van der Waals surface area (Å²) in [5.74, 6) is 0.239. The van der Waals surface area contributed by atoms with Gasteiger partial charge in [-0.05, 0) is 36.6 Å². The van der Waals surface area contributed by atoms with Gasteiger partial charge in [0, 0.05) is 12.0 Å². The summed E-state index contributed by atoms with van der Waals surface area (Å²) in [6.07, 6.45) is 11.1. The van der Waals surface area contributed by atoms with Crippen molar-refractivity contribution >= 4 is 34.0 Å². The number of hydrogen-bond donors (Lipinski definition) is 1. The predicted octanol–water partition coefficient (Wildman–Crippen LogP) is 3.46. The highest BCUT2D eigenvalue weighted by atomic mass is 32.1. The molecular weight excluding hydrogens is 388 g/mol. The van der Waals surface area contributed by atoms with Gasteiger partial charge in [0.1, 0.15) is 10.8 Å². The number of ketones is 1. The Labute approximate surface area is 172 Å². The van der Waals surface area contributed by atoms with Gasteiger partial charge in [0.2, 0.25) is 10.7 Å². The number of nitrogens with zero attached hydrogens (tertiary/aromatic N) is 3. The lowest BCUT2D eigenvalue weighted by atomic mass is 9.95. The largest absolute Gasteiger partial charge is 0.493 e. The maximum atomic E-state index is 12.6. The number of aryl methyl sites for hydroxylation is 1. The van der Waals surface area contributed by atoms with Gasteiger partial charge >= 0.3 is 0 Å². The minimum atomic E-state index is -0.429. The molecule has 0 fully saturated rings. The number of nitrogen functional groups attached to an aromatic ring is 1. The number of unbranched alkanes of at least 4 members (excludes halogenated alkanes) is 2. The molecule has 0 radical (unpaired) electrons. The van der Waals surface area contributed by atoms with E-state index in [1.807, 2.05) is 0 Å². The van der Waals surface area contributed by atoms with Gasteiger partial charge in [0.15, 0.2) is 5.76 Å². The third-order valence-electron chi connectivity index (χ3n) is 4.58. The van der Waals surface area contributed by atoms with E-state index in [2.05, 4.69) is 23.6 Å². The van der Waals surface area contributed by atoms with Crippen LogP contribution in [0.3, 0.4) is 0 Å². The number of hydrogen-bond acceptors (Lipinski definition) is 7. The van der Waals surface area contributed by atoms with Crippen LogP contribution in [0.1, 0.15) is 43.2 Å². The highest BCUT2D eigenvalue weighted by molar-refractivity contribution is 7.16. The van der Waals surface area contributed by atoms with Crippen molar-refractivity contribution in [2.45, 2.75) is 39.0 Å². The van der Waals surface area contributed by atoms with Crippen LogP contribution in [0.25, 0.3) is 11.0 Å². The van der Waals surface area contributed by atoms with Gasteiger partial charge in [-0.3, -0.25) is 9.59 Å². The van der Waals surface area contributed by atoms with Crippen molar-refractivity contribution < 1.29 is 9.53 Å². The fourth-order valence-electron chi connectivity index (χ4n) is 3.08. The van der Waals surface area contributed by atoms with Crippen molar-refractivity contribution in [1.29, 1.82) is 0 Å². The second-order valence-electron chi connectivity index (χ2n) is 6.71. The Bertz CT molecular complexity index is 1110. The van der Waals surface area contributed by atoms with E-state index in [9.17, 15) is 9.59 Å². The molecule has 0 aliphatic heterocycles. The summed E-state index contributed by atoms with van der Waals surface area (Å²) in [6.45, 7) is 5.82. The molecule has 1 aliphatic carbocycles. The second kappa shape index (κ2) is 9.00. The molecule has 0 saturated heterocycles. The molecule has 152 valence electrons. The molecule has 2 aromatic heterocycles. The summed E-state index contributed by atoms with van der Waals surface area (Å²) < 4.78 is 6.70. The Morgan fingerprint density at radius 1 is 1.31 bits per heavy atom. The van der Waals surface area contributed by atoms with Crippen LogP contribution in [0.15, 0.2) is 46.5 Å². The van der Waals surface area contributed by atoms with E-state index in [1.54, 1.807) is 24.3 Å². The smallest absolute Gasteiger partial charge is 0.283 e. The summed E-state index contributed by atoms with van der Waals surface area (Å²) in [5.41, 5.74) is 7.22. The number of rotatable bonds is 8. The second-order valence-corrected chi connectivity index (χ2v) is 7.75. The van der Waals surface area contributed by atoms with Crippen LogP contribution in [0.2, 0.25) is 0 Å². The quantitative estimate of drug-likeness (QED) is 0.526. The molecule has 29 heavy (non-hydrogen) atoms. The Balaban J connectivity index is 2.04. The van der Waals surface area contributed by atoms with Gasteiger partial charge in [-0.2, -0.15) is 14.6 Å². The first kappa shape index (κ1) is 20.7. The monoisotopic (exact) mass is 412 g/mol. The van der Waals surface area contributed by atoms with Crippen LogP contribution in [-0.4, -0.2) is 27.5 Å². The minimum absolute atomic E-state index is 0.195. The number of fused-ring (bicyclic) bond motifs is 1. The highest BCUT2D eigenvalue weighted by Crippen LogP contribution is 2.25. The normalized spacial score (nSPS) is 15.5. The van der Waals surface area contributed by atoms with Crippen molar-refractivity contribution in [2.75, 3.05) is 12.8 Å². The Morgan fingerprint density at radius 3 is 2.79 bits per heavy atom. The molecule has 2 N–H and O–H groups in total. The van der Waals surface area contributed by atoms with Crippen molar-refractivity contribution in [3.05, 3.63) is 62.6 Å². The first-order chi connectivity index (χ1) is 14.0. The van der Waals surface area contributed by atoms with Crippen molar-refractivity contribution in [2.24, 2.45) is 0 Å². The van der Waals surface area contributed by atoms with Gasteiger partial charge in [-0.1, -0.05) is 37.2 Å². The molecular formula is C21H24N4O3S. The third-order valence-corrected chi connectivity index (χ3v) is 5.55. The summed E-state index contributed by atoms with van der Waals surface area (Å²) >= 11 is 1.38. The van der Waals surface area contributed by atoms with Crippen LogP contribution < -0.4 is 11.3 Å². The molecule has 0 atom stereocenters. The summed E-state index contributed by atoms with van der Waals surface area (Å²) in [6, 6.07) is 0. The van der Waals surface area contributed by atoms with Gasteiger partial charge in [0.05, 0.1) is 12.7 Å². The number of anilines is 1. The molecule has 2 aromatic rings. The van der Waals surface area contributed by atoms with Crippen molar-refractivity contribution in [1.82, 2.24) is 14.6 Å². The van der Waals surface area contributed by atoms with Crippen LogP contribution in [-0.2, 0) is 16.0 Å². The van der Waals surface area contributed by atoms with E-state index in [0.717, 1.165) is 30.7 Å². The molecule has 0 aromatic carbocycles. The fraction of sp³-hybridized carbons (Fsp3) is 0.333. The molecule has 1 aliphatic rings. The van der Waals surface area contributed by atoms with E-state index >= 15 is 0 Å². The molecule has 0 saturated carbocycles. The topological polar surface area (TPSA) is 99.6 Å². The minimum Gasteiger partial charge on any atom is -0.493 e. The Morgan fingerprint density at radius 2 is 2.10 bits per heavy atom. The van der Waals surface area contributed by atoms with E-state index in [-0.39, 0.29) is 22.9 Å². The molecule has 8 heteroatoms. The third kappa shape index (κ3) is 4.37. The summed E-state index contributed by atoms with van der Waals surface area (Å²) in [4.78, 5) is 29.5. The Kier molecular flexibility index (Phi) is 6.43.